The molecule has 6 rings (SSSR count). The fraction of sp³-hybridized carbons (Fsp3) is 0.311. The van der Waals surface area contributed by atoms with E-state index in [1.165, 1.54) is 54.5 Å². The molecule has 0 aliphatic rings. The molecule has 6 aromatic rings. The molecule has 4 aromatic heterocycles. The maximum Gasteiger partial charge on any atom is 0.296 e. The van der Waals surface area contributed by atoms with Gasteiger partial charge in [-0.25, -0.2) is 9.97 Å². The molecule has 0 atom stereocenters. The van der Waals surface area contributed by atoms with Crippen LogP contribution < -0.4 is 31.6 Å². The van der Waals surface area contributed by atoms with Gasteiger partial charge in [-0.3, -0.25) is 53.8 Å². The standard InChI is InChI=1S/C45H51N13O10/c1-7-12-37(61)55(25-59)17-13-36(60)54(5)14-11-18-67-34-24-29(41(47)63)22-31-39(34)57(45(49-31)51-43(65)35-20-27(4)53-68-35)16-10-9-15-56-38-30(21-28(40(46)62)23-33(38)66-6)48-44(56)50-42(64)32-19-26(3)52-58(32)8-2/h7,9-10,12,19-25H,8,11,13-18H2,1-6H3,(H2,46,62)(H2,47,63)(H,48,50,64)(H,49,51,65)/b10-9+,12-7-. The van der Waals surface area contributed by atoms with E-state index >= 15 is 0 Å². The van der Waals surface area contributed by atoms with Crippen molar-refractivity contribution in [2.75, 3.05) is 44.5 Å². The van der Waals surface area contributed by atoms with Crippen LogP contribution in [0, 0.1) is 13.8 Å². The van der Waals surface area contributed by atoms with Crippen LogP contribution in [0.2, 0.25) is 0 Å². The largest absolute Gasteiger partial charge is 0.494 e. The van der Waals surface area contributed by atoms with E-state index in [1.54, 1.807) is 59.9 Å². The van der Waals surface area contributed by atoms with Gasteiger partial charge in [0, 0.05) is 63.4 Å². The summed E-state index contributed by atoms with van der Waals surface area (Å²) in [6.07, 6.45) is 6.88. The summed E-state index contributed by atoms with van der Waals surface area (Å²) in [6.45, 7) is 7.71. The minimum Gasteiger partial charge on any atom is -0.494 e. The minimum absolute atomic E-state index is 0.0438. The van der Waals surface area contributed by atoms with Gasteiger partial charge in [-0.05, 0) is 70.5 Å². The molecule has 23 heteroatoms. The zero-order chi connectivity index (χ0) is 49.2. The summed E-state index contributed by atoms with van der Waals surface area (Å²) in [7, 11) is 3.01. The first kappa shape index (κ1) is 48.8. The van der Waals surface area contributed by atoms with Crippen molar-refractivity contribution in [2.24, 2.45) is 11.5 Å². The van der Waals surface area contributed by atoms with Gasteiger partial charge >= 0.3 is 0 Å². The maximum atomic E-state index is 13.7. The number of methoxy groups -OCH3 is 1. The fourth-order valence-electron chi connectivity index (χ4n) is 7.15. The van der Waals surface area contributed by atoms with Crippen molar-refractivity contribution in [3.63, 3.8) is 0 Å². The van der Waals surface area contributed by atoms with E-state index in [4.69, 9.17) is 25.5 Å². The summed E-state index contributed by atoms with van der Waals surface area (Å²) in [5, 5.41) is 13.8. The number of carbonyl (C=O) groups excluding carboxylic acids is 7. The number of imidazole rings is 2. The number of rotatable bonds is 22. The third-order valence-corrected chi connectivity index (χ3v) is 10.5. The van der Waals surface area contributed by atoms with E-state index in [0.717, 1.165) is 4.90 Å². The lowest BCUT2D eigenvalue weighted by Crippen LogP contribution is -2.35. The first-order chi connectivity index (χ1) is 32.6. The number of primary amides is 2. The normalized spacial score (nSPS) is 11.4. The molecule has 0 bridgehead atoms. The van der Waals surface area contributed by atoms with E-state index < -0.39 is 29.5 Å². The van der Waals surface area contributed by atoms with E-state index in [-0.39, 0.29) is 90.9 Å². The van der Waals surface area contributed by atoms with Crippen LogP contribution in [0.4, 0.5) is 11.9 Å². The zero-order valence-corrected chi connectivity index (χ0v) is 38.3. The van der Waals surface area contributed by atoms with Gasteiger partial charge in [-0.15, -0.1) is 0 Å². The SMILES string of the molecule is C/C=C\C(=O)N(C=O)CCC(=O)N(C)CCCOc1cc(C(N)=O)cc2nc(NC(=O)c3cc(C)no3)n(C/C=C/Cn3c(NC(=O)c4cc(C)nn4CC)nc4cc(C(N)=O)cc(OC)c43)c12. The number of nitrogens with one attached hydrogen (secondary N) is 2. The molecular weight excluding hydrogens is 883 g/mol. The molecule has 4 heterocycles. The smallest absolute Gasteiger partial charge is 0.296 e. The summed E-state index contributed by atoms with van der Waals surface area (Å²) in [5.74, 6) is -2.90. The van der Waals surface area contributed by atoms with E-state index in [1.807, 2.05) is 6.92 Å². The molecule has 0 aliphatic carbocycles. The number of nitrogens with two attached hydrogens (primary N) is 2. The van der Waals surface area contributed by atoms with E-state index in [2.05, 4.69) is 30.9 Å². The number of anilines is 2. The number of hydrogen-bond donors (Lipinski definition) is 4. The van der Waals surface area contributed by atoms with Crippen molar-refractivity contribution in [3.8, 4) is 11.5 Å². The zero-order valence-electron chi connectivity index (χ0n) is 38.3. The quantitative estimate of drug-likeness (QED) is 0.0329. The van der Waals surface area contributed by atoms with Gasteiger partial charge in [0.1, 0.15) is 28.2 Å². The first-order valence-electron chi connectivity index (χ1n) is 21.3. The highest BCUT2D eigenvalue weighted by atomic mass is 16.5. The average Bonchev–Trinajstić information content (AvgIpc) is 4.09. The number of hydrogen-bond acceptors (Lipinski definition) is 14. The van der Waals surface area contributed by atoms with Crippen molar-refractivity contribution in [1.29, 1.82) is 0 Å². The van der Waals surface area contributed by atoms with Crippen LogP contribution in [0.25, 0.3) is 22.1 Å². The Bertz CT molecular complexity index is 2980. The molecule has 2 aromatic carbocycles. The predicted octanol–water partition coefficient (Wildman–Crippen LogP) is 3.35. The predicted molar refractivity (Wildman–Crippen MR) is 247 cm³/mol. The van der Waals surface area contributed by atoms with Crippen LogP contribution in [-0.4, -0.2) is 120 Å². The maximum absolute atomic E-state index is 13.7. The molecule has 0 spiro atoms. The summed E-state index contributed by atoms with van der Waals surface area (Å²) >= 11 is 0. The molecule has 68 heavy (non-hydrogen) atoms. The number of aromatic nitrogens is 7. The molecule has 6 N–H and O–H groups in total. The van der Waals surface area contributed by atoms with Crippen LogP contribution in [0.3, 0.4) is 0 Å². The molecule has 0 saturated carbocycles. The van der Waals surface area contributed by atoms with E-state index in [9.17, 15) is 33.6 Å². The summed E-state index contributed by atoms with van der Waals surface area (Å²) in [6, 6.07) is 8.99. The van der Waals surface area contributed by atoms with Crippen LogP contribution in [0.5, 0.6) is 11.5 Å². The van der Waals surface area contributed by atoms with E-state index in [0.29, 0.717) is 53.0 Å². The van der Waals surface area contributed by atoms with Gasteiger partial charge < -0.3 is 39.5 Å². The van der Waals surface area contributed by atoms with Crippen LogP contribution >= 0.6 is 0 Å². The molecule has 23 nitrogen and oxygen atoms in total. The minimum atomic E-state index is -0.764. The van der Waals surface area contributed by atoms with Gasteiger partial charge in [0.15, 0.2) is 0 Å². The highest BCUT2D eigenvalue weighted by molar-refractivity contribution is 6.05. The Labute approximate surface area is 388 Å². The average molecular weight is 934 g/mol. The number of fused-ring (bicyclic) bond motifs is 2. The molecule has 0 unspecified atom stereocenters. The third-order valence-electron chi connectivity index (χ3n) is 10.5. The Hall–Kier alpha value is -8.63. The second-order valence-electron chi connectivity index (χ2n) is 15.3. The summed E-state index contributed by atoms with van der Waals surface area (Å²) in [5.41, 5.74) is 14.4. The number of ether oxygens (including phenoxy) is 2. The van der Waals surface area contributed by atoms with Gasteiger partial charge in [0.25, 0.3) is 17.7 Å². The topological polar surface area (TPSA) is 300 Å². The van der Waals surface area contributed by atoms with Gasteiger partial charge in [-0.2, -0.15) is 5.10 Å². The Kier molecular flexibility index (Phi) is 15.5. The third kappa shape index (κ3) is 11.1. The summed E-state index contributed by atoms with van der Waals surface area (Å²) < 4.78 is 22.0. The number of allylic oxidation sites excluding steroid dienone is 3. The first-order valence-corrected chi connectivity index (χ1v) is 21.3. The Balaban J connectivity index is 1.31. The lowest BCUT2D eigenvalue weighted by Gasteiger charge is -2.19. The van der Waals surface area contributed by atoms with Crippen molar-refractivity contribution >= 4 is 75.8 Å². The fourth-order valence-corrected chi connectivity index (χ4v) is 7.15. The lowest BCUT2D eigenvalue weighted by molar-refractivity contribution is -0.136. The van der Waals surface area contributed by atoms with Gasteiger partial charge in [0.2, 0.25) is 41.8 Å². The molecule has 0 aliphatic heterocycles. The number of amides is 7. The lowest BCUT2D eigenvalue weighted by atomic mass is 10.1. The second-order valence-corrected chi connectivity index (χ2v) is 15.3. The second kappa shape index (κ2) is 21.6. The van der Waals surface area contributed by atoms with Crippen molar-refractivity contribution < 1.29 is 47.6 Å². The van der Waals surface area contributed by atoms with Gasteiger partial charge in [0.05, 0.1) is 36.1 Å². The molecule has 0 saturated heterocycles. The Morgan fingerprint density at radius 2 is 1.43 bits per heavy atom. The number of imide groups is 1. The van der Waals surface area contributed by atoms with Crippen LogP contribution in [0.1, 0.15) is 79.8 Å². The highest BCUT2D eigenvalue weighted by Gasteiger charge is 2.24. The van der Waals surface area contributed by atoms with Crippen LogP contribution in [0.15, 0.2) is 65.2 Å². The summed E-state index contributed by atoms with van der Waals surface area (Å²) in [4.78, 5) is 99.9. The van der Waals surface area contributed by atoms with Gasteiger partial charge in [-0.1, -0.05) is 23.4 Å². The molecule has 0 fully saturated rings. The number of benzene rings is 2. The van der Waals surface area contributed by atoms with Crippen molar-refractivity contribution in [1.82, 2.24) is 43.8 Å². The number of aryl methyl sites for hydroxylation is 3. The van der Waals surface area contributed by atoms with Crippen molar-refractivity contribution in [2.45, 2.75) is 60.2 Å². The number of nitrogens with zero attached hydrogens (tertiary/aromatic N) is 9. The number of carbonyl (C=O) groups is 7. The Morgan fingerprint density at radius 3 is 1.97 bits per heavy atom. The van der Waals surface area contributed by atoms with Crippen LogP contribution in [-0.2, 0) is 34.0 Å². The Morgan fingerprint density at radius 1 is 0.824 bits per heavy atom. The molecular formula is C45H51N13O10. The monoisotopic (exact) mass is 933 g/mol. The highest BCUT2D eigenvalue weighted by Crippen LogP contribution is 2.33. The van der Waals surface area contributed by atoms with Crippen molar-refractivity contribution in [3.05, 3.63) is 94.7 Å². The molecule has 356 valence electrons. The molecule has 0 radical (unpaired) electrons. The molecule has 7 amide bonds.